The Morgan fingerprint density at radius 2 is 1.73 bits per heavy atom. The van der Waals surface area contributed by atoms with Gasteiger partial charge in [-0.2, -0.15) is 0 Å². The van der Waals surface area contributed by atoms with Gasteiger partial charge in [-0.15, -0.1) is 0 Å². The number of hydrogen-bond acceptors (Lipinski definition) is 4. The zero-order valence-electron chi connectivity index (χ0n) is 14.4. The van der Waals surface area contributed by atoms with Crippen LogP contribution in [0.5, 0.6) is 0 Å². The lowest BCUT2D eigenvalue weighted by atomic mass is 9.74. The van der Waals surface area contributed by atoms with Crippen LogP contribution in [0.25, 0.3) is 0 Å². The van der Waals surface area contributed by atoms with E-state index < -0.39 is 6.04 Å². The Balaban J connectivity index is 1.82. The van der Waals surface area contributed by atoms with Crippen molar-refractivity contribution in [3.63, 3.8) is 0 Å². The van der Waals surface area contributed by atoms with Crippen LogP contribution >= 0.6 is 0 Å². The topological polar surface area (TPSA) is 69.4 Å². The molecule has 0 heterocycles. The molecule has 0 unspecified atom stereocenters. The van der Waals surface area contributed by atoms with Gasteiger partial charge in [-0.05, 0) is 16.7 Å². The highest BCUT2D eigenvalue weighted by molar-refractivity contribution is 5.73. The summed E-state index contributed by atoms with van der Waals surface area (Å²) in [5, 5.41) is 11.7. The maximum absolute atomic E-state index is 11.7. The summed E-state index contributed by atoms with van der Waals surface area (Å²) in [6.07, 6.45) is 2.73. The average molecular weight is 351 g/mol. The van der Waals surface area contributed by atoms with Crippen molar-refractivity contribution in [3.05, 3.63) is 93.6 Å². The average Bonchev–Trinajstić information content (AvgIpc) is 2.68. The van der Waals surface area contributed by atoms with Crippen molar-refractivity contribution < 1.29 is 14.5 Å². The van der Waals surface area contributed by atoms with E-state index in [0.717, 1.165) is 17.4 Å². The van der Waals surface area contributed by atoms with Crippen molar-refractivity contribution in [1.29, 1.82) is 0 Å². The second-order valence-electron chi connectivity index (χ2n) is 6.52. The molecular weight excluding hydrogens is 330 g/mol. The summed E-state index contributed by atoms with van der Waals surface area (Å²) in [6, 6.07) is 18.4. The van der Waals surface area contributed by atoms with Gasteiger partial charge < -0.3 is 4.74 Å². The molecule has 0 bridgehead atoms. The second-order valence-corrected chi connectivity index (χ2v) is 6.52. The Labute approximate surface area is 152 Å². The summed E-state index contributed by atoms with van der Waals surface area (Å²) in [5.41, 5.74) is 2.43. The molecule has 5 heteroatoms. The largest absolute Gasteiger partial charge is 0.376 e. The fourth-order valence-corrected chi connectivity index (χ4v) is 3.58. The third-order valence-electron chi connectivity index (χ3n) is 4.78. The van der Waals surface area contributed by atoms with E-state index >= 15 is 0 Å². The molecule has 0 N–H and O–H groups in total. The van der Waals surface area contributed by atoms with E-state index in [0.29, 0.717) is 18.8 Å². The molecule has 0 spiro atoms. The van der Waals surface area contributed by atoms with E-state index in [1.54, 1.807) is 0 Å². The number of ether oxygens (including phenoxy) is 1. The summed E-state index contributed by atoms with van der Waals surface area (Å²) in [4.78, 5) is 22.7. The maximum atomic E-state index is 11.7. The quantitative estimate of drug-likeness (QED) is 0.432. The van der Waals surface area contributed by atoms with Crippen LogP contribution in [-0.2, 0) is 16.1 Å². The Morgan fingerprint density at radius 3 is 2.35 bits per heavy atom. The van der Waals surface area contributed by atoms with E-state index in [1.165, 1.54) is 0 Å². The van der Waals surface area contributed by atoms with E-state index in [9.17, 15) is 14.9 Å². The first-order valence-corrected chi connectivity index (χ1v) is 8.65. The van der Waals surface area contributed by atoms with E-state index in [4.69, 9.17) is 4.74 Å². The highest BCUT2D eigenvalue weighted by atomic mass is 16.6. The molecule has 2 aromatic rings. The summed E-state index contributed by atoms with van der Waals surface area (Å²) in [7, 11) is 0. The van der Waals surface area contributed by atoms with Gasteiger partial charge in [-0.25, -0.2) is 0 Å². The van der Waals surface area contributed by atoms with Gasteiger partial charge in [-0.1, -0.05) is 66.7 Å². The van der Waals surface area contributed by atoms with Crippen LogP contribution in [-0.4, -0.2) is 23.9 Å². The number of nitrogens with zero attached hydrogens (tertiary/aromatic N) is 1. The minimum Gasteiger partial charge on any atom is -0.376 e. The Bertz CT molecular complexity index is 773. The van der Waals surface area contributed by atoms with Crippen LogP contribution in [0.15, 0.2) is 72.3 Å². The normalized spacial score (nSPS) is 22.5. The van der Waals surface area contributed by atoms with Gasteiger partial charge in [0.15, 0.2) is 0 Å². The van der Waals surface area contributed by atoms with Gasteiger partial charge in [-0.3, -0.25) is 14.9 Å². The molecular formula is C21H21NO4. The third kappa shape index (κ3) is 4.24. The van der Waals surface area contributed by atoms with E-state index in [1.807, 2.05) is 66.7 Å². The van der Waals surface area contributed by atoms with E-state index in [-0.39, 0.29) is 23.2 Å². The molecule has 0 fully saturated rings. The monoisotopic (exact) mass is 351 g/mol. The molecule has 5 nitrogen and oxygen atoms in total. The lowest BCUT2D eigenvalue weighted by molar-refractivity contribution is -0.528. The van der Waals surface area contributed by atoms with Crippen LogP contribution in [0.1, 0.15) is 23.5 Å². The zero-order valence-corrected chi connectivity index (χ0v) is 14.4. The molecule has 0 saturated carbocycles. The molecule has 1 aliphatic carbocycles. The SMILES string of the molecule is O=CC1=C[C@@H](COCc2ccccc2)[C@H](c2ccccc2)[C@H]([N+](=O)[O-])C1. The number of nitro groups is 1. The minimum absolute atomic E-state index is 0.158. The van der Waals surface area contributed by atoms with Crippen molar-refractivity contribution in [1.82, 2.24) is 0 Å². The Hall–Kier alpha value is -2.79. The summed E-state index contributed by atoms with van der Waals surface area (Å²) >= 11 is 0. The van der Waals surface area contributed by atoms with Crippen LogP contribution in [0.2, 0.25) is 0 Å². The Kier molecular flexibility index (Phi) is 5.92. The zero-order chi connectivity index (χ0) is 18.4. The highest BCUT2D eigenvalue weighted by Crippen LogP contribution is 2.38. The molecule has 26 heavy (non-hydrogen) atoms. The van der Waals surface area contributed by atoms with Crippen molar-refractivity contribution in [2.24, 2.45) is 5.92 Å². The van der Waals surface area contributed by atoms with Gasteiger partial charge in [0, 0.05) is 17.3 Å². The molecule has 2 aromatic carbocycles. The fourth-order valence-electron chi connectivity index (χ4n) is 3.58. The molecule has 1 aliphatic rings. The van der Waals surface area contributed by atoms with Gasteiger partial charge in [0.05, 0.1) is 19.1 Å². The van der Waals surface area contributed by atoms with Gasteiger partial charge >= 0.3 is 0 Å². The smallest absolute Gasteiger partial charge is 0.224 e. The summed E-state index contributed by atoms with van der Waals surface area (Å²) in [5.74, 6) is -0.531. The van der Waals surface area contributed by atoms with E-state index in [2.05, 4.69) is 0 Å². The predicted octanol–water partition coefficient (Wildman–Crippen LogP) is 3.78. The number of hydrogen-bond donors (Lipinski definition) is 0. The number of carbonyl (C=O) groups excluding carboxylic acids is 1. The first kappa shape index (κ1) is 18.0. The standard InChI is InChI=1S/C21H21NO4/c23-13-17-11-19(15-26-14-16-7-3-1-4-8-16)21(20(12-17)22(24)25)18-9-5-2-6-10-18/h1-11,13,19-21H,12,14-15H2/t19-,20+,21-/m0/s1. The van der Waals surface area contributed by atoms with Crippen molar-refractivity contribution in [3.8, 4) is 0 Å². The first-order chi connectivity index (χ1) is 12.7. The summed E-state index contributed by atoms with van der Waals surface area (Å²) < 4.78 is 5.85. The maximum Gasteiger partial charge on any atom is 0.224 e. The first-order valence-electron chi connectivity index (χ1n) is 8.65. The van der Waals surface area contributed by atoms with Gasteiger partial charge in [0.2, 0.25) is 6.04 Å². The molecule has 134 valence electrons. The van der Waals surface area contributed by atoms with Crippen LogP contribution < -0.4 is 0 Å². The second kappa shape index (κ2) is 8.54. The molecule has 0 aliphatic heterocycles. The van der Waals surface area contributed by atoms with Crippen molar-refractivity contribution in [2.45, 2.75) is 25.0 Å². The lowest BCUT2D eigenvalue weighted by Crippen LogP contribution is -2.37. The van der Waals surface area contributed by atoms with Crippen molar-refractivity contribution in [2.75, 3.05) is 6.61 Å². The van der Waals surface area contributed by atoms with Crippen LogP contribution in [0.3, 0.4) is 0 Å². The van der Waals surface area contributed by atoms with Gasteiger partial charge in [0.25, 0.3) is 0 Å². The predicted molar refractivity (Wildman–Crippen MR) is 98.3 cm³/mol. The fraction of sp³-hybridized carbons (Fsp3) is 0.286. The highest BCUT2D eigenvalue weighted by Gasteiger charge is 2.41. The molecule has 0 radical (unpaired) electrons. The summed E-state index contributed by atoms with van der Waals surface area (Å²) in [6.45, 7) is 0.766. The minimum atomic E-state index is -0.826. The van der Waals surface area contributed by atoms with Gasteiger partial charge in [0.1, 0.15) is 6.29 Å². The number of carbonyl (C=O) groups is 1. The number of aldehydes is 1. The third-order valence-corrected chi connectivity index (χ3v) is 4.78. The molecule has 0 saturated heterocycles. The van der Waals surface area contributed by atoms with Crippen molar-refractivity contribution >= 4 is 6.29 Å². The van der Waals surface area contributed by atoms with Crippen LogP contribution in [0, 0.1) is 16.0 Å². The lowest BCUT2D eigenvalue weighted by Gasteiger charge is -2.31. The Morgan fingerprint density at radius 1 is 1.08 bits per heavy atom. The van der Waals surface area contributed by atoms with Crippen LogP contribution in [0.4, 0.5) is 0 Å². The molecule has 3 rings (SSSR count). The number of rotatable bonds is 7. The molecule has 3 atom stereocenters. The number of benzene rings is 2. The molecule has 0 amide bonds. The molecule has 0 aromatic heterocycles.